The summed E-state index contributed by atoms with van der Waals surface area (Å²) in [6.45, 7) is 3.41. The minimum Gasteiger partial charge on any atom is -0.313 e. The number of benzene rings is 1. The van der Waals surface area contributed by atoms with Gasteiger partial charge < -0.3 is 10.2 Å². The Bertz CT molecular complexity index is 369. The third kappa shape index (κ3) is 5.76. The van der Waals surface area contributed by atoms with E-state index in [0.29, 0.717) is 12.1 Å². The molecule has 4 heteroatoms. The number of hydrogen-bond acceptors (Lipinski definition) is 3. The fourth-order valence-electron chi connectivity index (χ4n) is 2.44. The van der Waals surface area contributed by atoms with Gasteiger partial charge in [-0.15, -0.1) is 0 Å². The molecule has 1 N–H and O–H groups in total. The van der Waals surface area contributed by atoms with Crippen molar-refractivity contribution in [2.75, 3.05) is 32.6 Å². The van der Waals surface area contributed by atoms with Crippen LogP contribution in [-0.4, -0.2) is 43.6 Å². The number of nitrogens with one attached hydrogen (secondary N) is 1. The topological polar surface area (TPSA) is 15.3 Å². The highest BCUT2D eigenvalue weighted by Crippen LogP contribution is 2.20. The predicted octanol–water partition coefficient (Wildman–Crippen LogP) is 4.17. The Labute approximate surface area is 136 Å². The maximum absolute atomic E-state index is 3.49. The van der Waals surface area contributed by atoms with Crippen molar-refractivity contribution in [1.82, 2.24) is 10.2 Å². The first-order chi connectivity index (χ1) is 9.62. The molecule has 0 spiro atoms. The van der Waals surface area contributed by atoms with Crippen molar-refractivity contribution in [1.29, 1.82) is 0 Å². The lowest BCUT2D eigenvalue weighted by Gasteiger charge is -2.28. The summed E-state index contributed by atoms with van der Waals surface area (Å²) in [5.41, 5.74) is 1.36. The zero-order chi connectivity index (χ0) is 15.0. The van der Waals surface area contributed by atoms with Gasteiger partial charge in [-0.25, -0.2) is 0 Å². The van der Waals surface area contributed by atoms with Crippen LogP contribution in [0.3, 0.4) is 0 Å². The van der Waals surface area contributed by atoms with Crippen LogP contribution in [0, 0.1) is 0 Å². The van der Waals surface area contributed by atoms with Gasteiger partial charge in [-0.1, -0.05) is 35.0 Å². The molecule has 0 heterocycles. The normalized spacial score (nSPS) is 14.5. The summed E-state index contributed by atoms with van der Waals surface area (Å²) in [6, 6.07) is 9.75. The van der Waals surface area contributed by atoms with Crippen LogP contribution in [0.1, 0.15) is 31.4 Å². The van der Waals surface area contributed by atoms with Crippen molar-refractivity contribution < 1.29 is 0 Å². The van der Waals surface area contributed by atoms with Crippen LogP contribution in [0.5, 0.6) is 0 Å². The average Bonchev–Trinajstić information content (AvgIpc) is 2.46. The molecule has 0 saturated heterocycles. The van der Waals surface area contributed by atoms with Crippen LogP contribution in [0.25, 0.3) is 0 Å². The minimum absolute atomic E-state index is 0.428. The number of thioether (sulfide) groups is 1. The molecule has 2 nitrogen and oxygen atoms in total. The van der Waals surface area contributed by atoms with E-state index in [0.717, 1.165) is 17.4 Å². The van der Waals surface area contributed by atoms with Crippen molar-refractivity contribution in [3.05, 3.63) is 34.3 Å². The minimum atomic E-state index is 0.428. The second-order valence-corrected chi connectivity index (χ2v) is 7.01. The summed E-state index contributed by atoms with van der Waals surface area (Å²) in [4.78, 5) is 2.50. The summed E-state index contributed by atoms with van der Waals surface area (Å²) in [5.74, 6) is 1.22. The molecule has 0 radical (unpaired) electrons. The van der Waals surface area contributed by atoms with Crippen LogP contribution in [0.2, 0.25) is 0 Å². The largest absolute Gasteiger partial charge is 0.313 e. The lowest BCUT2D eigenvalue weighted by Crippen LogP contribution is -2.35. The smallest absolute Gasteiger partial charge is 0.0329 e. The van der Waals surface area contributed by atoms with E-state index in [1.165, 1.54) is 17.7 Å². The van der Waals surface area contributed by atoms with E-state index < -0.39 is 0 Å². The van der Waals surface area contributed by atoms with Crippen LogP contribution >= 0.6 is 27.7 Å². The third-order valence-corrected chi connectivity index (χ3v) is 5.09. The van der Waals surface area contributed by atoms with Gasteiger partial charge in [0.15, 0.2) is 0 Å². The molecule has 20 heavy (non-hydrogen) atoms. The van der Waals surface area contributed by atoms with Crippen LogP contribution in [0.15, 0.2) is 28.7 Å². The van der Waals surface area contributed by atoms with Gasteiger partial charge >= 0.3 is 0 Å². The van der Waals surface area contributed by atoms with Gasteiger partial charge in [-0.3, -0.25) is 0 Å². The quantitative estimate of drug-likeness (QED) is 0.712. The van der Waals surface area contributed by atoms with E-state index >= 15 is 0 Å². The van der Waals surface area contributed by atoms with E-state index in [2.05, 4.69) is 70.6 Å². The zero-order valence-electron chi connectivity index (χ0n) is 13.0. The highest BCUT2D eigenvalue weighted by molar-refractivity contribution is 9.10. The lowest BCUT2D eigenvalue weighted by atomic mass is 10.0. The number of nitrogens with zero attached hydrogens (tertiary/aromatic N) is 1. The van der Waals surface area contributed by atoms with Gasteiger partial charge in [0.25, 0.3) is 0 Å². The number of halogens is 1. The third-order valence-electron chi connectivity index (χ3n) is 3.84. The summed E-state index contributed by atoms with van der Waals surface area (Å²) in [5, 5.41) is 3.43. The summed E-state index contributed by atoms with van der Waals surface area (Å²) >= 11 is 5.43. The fraction of sp³-hybridized carbons (Fsp3) is 0.625. The Balaban J connectivity index is 2.54. The molecular formula is C16H27BrN2S. The molecule has 0 bridgehead atoms. The Morgan fingerprint density at radius 2 is 1.95 bits per heavy atom. The van der Waals surface area contributed by atoms with Gasteiger partial charge in [0.1, 0.15) is 0 Å². The van der Waals surface area contributed by atoms with Crippen molar-refractivity contribution in [3.8, 4) is 0 Å². The molecule has 0 aliphatic carbocycles. The maximum atomic E-state index is 3.49. The van der Waals surface area contributed by atoms with E-state index in [1.807, 2.05) is 18.8 Å². The molecule has 1 aromatic rings. The Morgan fingerprint density at radius 1 is 1.30 bits per heavy atom. The SMILES string of the molecule is CCC(CSC)N(C)CCC(NC)c1ccc(Br)cc1. The molecule has 0 aliphatic heterocycles. The van der Waals surface area contributed by atoms with Gasteiger partial charge in [-0.05, 0) is 57.4 Å². The Kier molecular flexibility index (Phi) is 8.85. The van der Waals surface area contributed by atoms with Gasteiger partial charge in [0.05, 0.1) is 0 Å². The van der Waals surface area contributed by atoms with Crippen molar-refractivity contribution in [2.24, 2.45) is 0 Å². The lowest BCUT2D eigenvalue weighted by molar-refractivity contribution is 0.242. The van der Waals surface area contributed by atoms with Gasteiger partial charge in [-0.2, -0.15) is 11.8 Å². The standard InChI is InChI=1S/C16H27BrN2S/c1-5-15(12-20-4)19(3)11-10-16(18-2)13-6-8-14(17)9-7-13/h6-9,15-16,18H,5,10-12H2,1-4H3. The molecule has 0 aliphatic rings. The van der Waals surface area contributed by atoms with Crippen molar-refractivity contribution >= 4 is 27.7 Å². The van der Waals surface area contributed by atoms with Crippen molar-refractivity contribution in [2.45, 2.75) is 31.8 Å². The summed E-state index contributed by atoms with van der Waals surface area (Å²) in [7, 11) is 4.30. The monoisotopic (exact) mass is 358 g/mol. The maximum Gasteiger partial charge on any atom is 0.0329 e. The van der Waals surface area contributed by atoms with Crippen LogP contribution < -0.4 is 5.32 Å². The van der Waals surface area contributed by atoms with Crippen LogP contribution in [0.4, 0.5) is 0 Å². The van der Waals surface area contributed by atoms with Gasteiger partial charge in [0, 0.05) is 22.3 Å². The van der Waals surface area contributed by atoms with Crippen LogP contribution in [-0.2, 0) is 0 Å². The number of hydrogen-bond donors (Lipinski definition) is 1. The van der Waals surface area contributed by atoms with E-state index in [-0.39, 0.29) is 0 Å². The average molecular weight is 359 g/mol. The molecule has 2 atom stereocenters. The molecule has 1 rings (SSSR count). The predicted molar refractivity (Wildman–Crippen MR) is 95.7 cm³/mol. The summed E-state index contributed by atoms with van der Waals surface area (Å²) in [6.07, 6.45) is 4.55. The second kappa shape index (κ2) is 9.82. The first kappa shape index (κ1) is 18.0. The first-order valence-corrected chi connectivity index (χ1v) is 9.42. The van der Waals surface area contributed by atoms with E-state index in [1.54, 1.807) is 0 Å². The Morgan fingerprint density at radius 3 is 2.45 bits per heavy atom. The highest BCUT2D eigenvalue weighted by atomic mass is 79.9. The molecule has 0 aromatic heterocycles. The highest BCUT2D eigenvalue weighted by Gasteiger charge is 2.15. The first-order valence-electron chi connectivity index (χ1n) is 7.24. The molecular weight excluding hydrogens is 332 g/mol. The molecule has 2 unspecified atom stereocenters. The Hall–Kier alpha value is -0.0300. The van der Waals surface area contributed by atoms with Gasteiger partial charge in [0.2, 0.25) is 0 Å². The summed E-state index contributed by atoms with van der Waals surface area (Å²) < 4.78 is 1.14. The molecule has 1 aromatic carbocycles. The number of rotatable bonds is 9. The van der Waals surface area contributed by atoms with E-state index in [9.17, 15) is 0 Å². The molecule has 0 amide bonds. The second-order valence-electron chi connectivity index (χ2n) is 5.18. The van der Waals surface area contributed by atoms with E-state index in [4.69, 9.17) is 0 Å². The zero-order valence-corrected chi connectivity index (χ0v) is 15.4. The fourth-order valence-corrected chi connectivity index (χ4v) is 3.58. The molecule has 0 fully saturated rings. The molecule has 0 saturated carbocycles. The van der Waals surface area contributed by atoms with Crippen molar-refractivity contribution in [3.63, 3.8) is 0 Å². The molecule has 114 valence electrons.